The van der Waals surface area contributed by atoms with E-state index in [4.69, 9.17) is 0 Å². The first-order valence-corrected chi connectivity index (χ1v) is 23.9. The van der Waals surface area contributed by atoms with Gasteiger partial charge < -0.3 is 9.80 Å². The Bertz CT molecular complexity index is 3560. The van der Waals surface area contributed by atoms with Crippen LogP contribution in [-0.4, -0.2) is 0 Å². The molecule has 0 N–H and O–H groups in total. The molecule has 0 bridgehead atoms. The van der Waals surface area contributed by atoms with Gasteiger partial charge in [-0.25, -0.2) is 0 Å². The molecule has 0 saturated heterocycles. The summed E-state index contributed by atoms with van der Waals surface area (Å²) in [5.74, 6) is 0. The Morgan fingerprint density at radius 1 is 0.338 bits per heavy atom. The average Bonchev–Trinajstić information content (AvgIpc) is 3.35. The number of nitriles is 2. The molecule has 9 aromatic carbocycles. The summed E-state index contributed by atoms with van der Waals surface area (Å²) in [7, 11) is 0. The number of anilines is 6. The molecule has 2 aliphatic carbocycles. The van der Waals surface area contributed by atoms with Crippen LogP contribution in [-0.2, 0) is 21.7 Å². The second-order valence-electron chi connectivity index (χ2n) is 21.6. The highest BCUT2D eigenvalue weighted by molar-refractivity contribution is 6.16. The molecular formula is C64H50N4. The zero-order valence-electron chi connectivity index (χ0n) is 39.8. The van der Waals surface area contributed by atoms with Crippen LogP contribution in [0, 0.1) is 22.7 Å². The number of hydrogen-bond acceptors (Lipinski definition) is 4. The van der Waals surface area contributed by atoms with Crippen LogP contribution in [0.1, 0.15) is 111 Å². The lowest BCUT2D eigenvalue weighted by molar-refractivity contribution is 0.625. The van der Waals surface area contributed by atoms with Crippen LogP contribution in [0.4, 0.5) is 34.1 Å². The van der Waals surface area contributed by atoms with E-state index in [1.807, 2.05) is 24.3 Å². The molecule has 2 aliphatic heterocycles. The molecule has 4 nitrogen and oxygen atoms in total. The predicted molar refractivity (Wildman–Crippen MR) is 280 cm³/mol. The van der Waals surface area contributed by atoms with Crippen LogP contribution in [0.3, 0.4) is 0 Å². The zero-order valence-corrected chi connectivity index (χ0v) is 39.8. The first-order chi connectivity index (χ1) is 32.7. The van der Waals surface area contributed by atoms with Gasteiger partial charge in [0.15, 0.2) is 0 Å². The first-order valence-electron chi connectivity index (χ1n) is 23.9. The second kappa shape index (κ2) is 13.4. The van der Waals surface area contributed by atoms with Crippen molar-refractivity contribution in [2.75, 3.05) is 9.80 Å². The van der Waals surface area contributed by atoms with Crippen molar-refractivity contribution < 1.29 is 0 Å². The predicted octanol–water partition coefficient (Wildman–Crippen LogP) is 16.6. The molecule has 0 spiro atoms. The quantitative estimate of drug-likeness (QED) is 0.174. The van der Waals surface area contributed by atoms with E-state index in [1.165, 1.54) is 111 Å². The van der Waals surface area contributed by atoms with Crippen LogP contribution >= 0.6 is 0 Å². The van der Waals surface area contributed by atoms with Crippen LogP contribution in [0.15, 0.2) is 158 Å². The third-order valence-electron chi connectivity index (χ3n) is 16.6. The Morgan fingerprint density at radius 2 is 0.676 bits per heavy atom. The minimum atomic E-state index is -0.328. The number of rotatable bonds is 2. The Labute approximate surface area is 399 Å². The lowest BCUT2D eigenvalue weighted by atomic mass is 9.61. The number of nitrogens with zero attached hydrogens (tertiary/aromatic N) is 4. The summed E-state index contributed by atoms with van der Waals surface area (Å²) in [5, 5.41) is 24.7. The Hall–Kier alpha value is -7.92. The van der Waals surface area contributed by atoms with Gasteiger partial charge in [0.1, 0.15) is 0 Å². The van der Waals surface area contributed by atoms with Gasteiger partial charge in [-0.3, -0.25) is 0 Å². The Kier molecular flexibility index (Phi) is 7.94. The molecular weight excluding hydrogens is 825 g/mol. The summed E-state index contributed by atoms with van der Waals surface area (Å²) in [6.07, 6.45) is 0. The van der Waals surface area contributed by atoms with E-state index in [9.17, 15) is 10.5 Å². The zero-order chi connectivity index (χ0) is 46.8. The van der Waals surface area contributed by atoms with Gasteiger partial charge in [-0.2, -0.15) is 10.5 Å². The molecule has 0 amide bonds. The molecule has 0 unspecified atom stereocenters. The lowest BCUT2D eigenvalue weighted by Crippen LogP contribution is -2.33. The number of para-hydroxylation sites is 2. The number of fused-ring (bicyclic) bond motifs is 10. The molecule has 4 heteroatoms. The van der Waals surface area contributed by atoms with Crippen LogP contribution in [0.5, 0.6) is 0 Å². The molecule has 9 aromatic rings. The SMILES string of the molecule is CC1(C)c2ccccc2N(c2ccc(C#N)cc2)c2c1cc1c3c(cccc23)C(C)(C)c2cc3c(cc2-1)C(C)(C)c1cccc2c4c(cc-3c12)C(C)(C)c1ccccc1N4c1ccc(C#N)cc1. The molecule has 4 aliphatic rings. The summed E-state index contributed by atoms with van der Waals surface area (Å²) >= 11 is 0. The van der Waals surface area contributed by atoms with Crippen molar-refractivity contribution in [2.45, 2.75) is 77.0 Å². The van der Waals surface area contributed by atoms with Gasteiger partial charge >= 0.3 is 0 Å². The van der Waals surface area contributed by atoms with Gasteiger partial charge in [-0.05, 0) is 162 Å². The maximum Gasteiger partial charge on any atom is 0.0991 e. The van der Waals surface area contributed by atoms with E-state index in [1.54, 1.807) is 0 Å². The third kappa shape index (κ3) is 5.02. The minimum Gasteiger partial charge on any atom is -0.309 e. The van der Waals surface area contributed by atoms with Crippen molar-refractivity contribution in [3.63, 3.8) is 0 Å². The average molecular weight is 875 g/mol. The summed E-state index contributed by atoms with van der Waals surface area (Å²) in [6, 6.07) is 62.7. The second-order valence-corrected chi connectivity index (χ2v) is 21.6. The number of hydrogen-bond donors (Lipinski definition) is 0. The summed E-state index contributed by atoms with van der Waals surface area (Å²) < 4.78 is 0. The van der Waals surface area contributed by atoms with E-state index >= 15 is 0 Å². The third-order valence-corrected chi connectivity index (χ3v) is 16.6. The normalized spacial score (nSPS) is 16.6. The maximum absolute atomic E-state index is 9.77. The van der Waals surface area contributed by atoms with Gasteiger partial charge in [0, 0.05) is 43.8 Å². The van der Waals surface area contributed by atoms with Gasteiger partial charge in [-0.1, -0.05) is 128 Å². The minimum absolute atomic E-state index is 0.304. The van der Waals surface area contributed by atoms with Crippen LogP contribution in [0.2, 0.25) is 0 Å². The van der Waals surface area contributed by atoms with E-state index in [2.05, 4.69) is 211 Å². The molecule has 13 rings (SSSR count). The van der Waals surface area contributed by atoms with Crippen LogP contribution < -0.4 is 9.80 Å². The van der Waals surface area contributed by atoms with Crippen molar-refractivity contribution in [2.24, 2.45) is 0 Å². The van der Waals surface area contributed by atoms with E-state index < -0.39 is 0 Å². The first kappa shape index (κ1) is 40.4. The summed E-state index contributed by atoms with van der Waals surface area (Å²) in [5.41, 5.74) is 22.6. The largest absolute Gasteiger partial charge is 0.309 e. The van der Waals surface area contributed by atoms with Crippen molar-refractivity contribution >= 4 is 55.7 Å². The van der Waals surface area contributed by atoms with E-state index in [0.717, 1.165) is 11.4 Å². The van der Waals surface area contributed by atoms with Crippen molar-refractivity contribution in [3.8, 4) is 34.4 Å². The van der Waals surface area contributed by atoms with E-state index in [0.29, 0.717) is 11.1 Å². The van der Waals surface area contributed by atoms with E-state index in [-0.39, 0.29) is 21.7 Å². The van der Waals surface area contributed by atoms with Gasteiger partial charge in [-0.15, -0.1) is 0 Å². The summed E-state index contributed by atoms with van der Waals surface area (Å²) in [6.45, 7) is 19.2. The van der Waals surface area contributed by atoms with Gasteiger partial charge in [0.05, 0.1) is 46.0 Å². The fourth-order valence-corrected chi connectivity index (χ4v) is 13.0. The fourth-order valence-electron chi connectivity index (χ4n) is 13.0. The van der Waals surface area contributed by atoms with Crippen LogP contribution in [0.25, 0.3) is 43.8 Å². The standard InChI is InChI=1S/C64H50N4/c1-61(2)47-17-9-11-21-55(47)67(39-27-23-37(35-65)24-28-39)59-41-15-13-19-49-57(41)45(33-53(59)61)43-31-52-44(32-51(43)63(49,5)6)46-34-54-60(42-16-14-20-50(58(42)46)64(52,7)8)68(40-29-25-38(36-66)26-30-40)56-22-12-10-18-48(56)62(54,3)4/h9-34H,1-8H3. The molecule has 0 aromatic heterocycles. The van der Waals surface area contributed by atoms with Crippen molar-refractivity contribution in [1.29, 1.82) is 10.5 Å². The highest BCUT2D eigenvalue weighted by Crippen LogP contribution is 2.63. The molecule has 0 atom stereocenters. The smallest absolute Gasteiger partial charge is 0.0991 e. The summed E-state index contributed by atoms with van der Waals surface area (Å²) in [4.78, 5) is 4.89. The van der Waals surface area contributed by atoms with Gasteiger partial charge in [0.25, 0.3) is 0 Å². The fraction of sp³-hybridized carbons (Fsp3) is 0.188. The molecule has 326 valence electrons. The topological polar surface area (TPSA) is 54.1 Å². The molecule has 0 saturated carbocycles. The molecule has 68 heavy (non-hydrogen) atoms. The van der Waals surface area contributed by atoms with Gasteiger partial charge in [0.2, 0.25) is 0 Å². The highest BCUT2D eigenvalue weighted by Gasteiger charge is 2.45. The Morgan fingerprint density at radius 3 is 1.06 bits per heavy atom. The highest BCUT2D eigenvalue weighted by atomic mass is 15.2. The monoisotopic (exact) mass is 874 g/mol. The molecule has 0 fully saturated rings. The maximum atomic E-state index is 9.77. The lowest BCUT2D eigenvalue weighted by Gasteiger charge is -2.46. The molecule has 0 radical (unpaired) electrons. The Balaban J connectivity index is 1.09. The molecule has 2 heterocycles. The number of benzene rings is 9. The van der Waals surface area contributed by atoms with Crippen molar-refractivity contribution in [3.05, 3.63) is 213 Å². The van der Waals surface area contributed by atoms with Crippen molar-refractivity contribution in [1.82, 2.24) is 0 Å².